The number of morpholine rings is 1. The third kappa shape index (κ3) is 5.51. The van der Waals surface area contributed by atoms with Gasteiger partial charge < -0.3 is 9.47 Å². The number of sulfonamides is 1. The highest BCUT2D eigenvalue weighted by Gasteiger charge is 2.25. The largest absolute Gasteiger partial charge is 0.461 e. The SMILES string of the molecule is CCOC(=O)c1csc(NC(=O)/C=C/c2ccc(S(=O)(=O)N3CCOCC3)cc2)n1. The Morgan fingerprint density at radius 1 is 1.27 bits per heavy atom. The lowest BCUT2D eigenvalue weighted by Crippen LogP contribution is -2.40. The number of benzene rings is 1. The molecule has 1 amide bonds. The second-order valence-corrected chi connectivity index (χ2v) is 8.96. The van der Waals surface area contributed by atoms with E-state index in [4.69, 9.17) is 9.47 Å². The first-order valence-corrected chi connectivity index (χ1v) is 11.5. The van der Waals surface area contributed by atoms with E-state index in [0.717, 1.165) is 11.3 Å². The summed E-state index contributed by atoms with van der Waals surface area (Å²) in [7, 11) is -3.55. The van der Waals surface area contributed by atoms with Gasteiger partial charge in [-0.1, -0.05) is 12.1 Å². The third-order valence-electron chi connectivity index (χ3n) is 4.13. The number of carbonyl (C=O) groups is 2. The van der Waals surface area contributed by atoms with Gasteiger partial charge in [-0.15, -0.1) is 11.3 Å². The van der Waals surface area contributed by atoms with Gasteiger partial charge in [-0.2, -0.15) is 4.31 Å². The number of hydrogen-bond acceptors (Lipinski definition) is 8. The minimum Gasteiger partial charge on any atom is -0.461 e. The summed E-state index contributed by atoms with van der Waals surface area (Å²) in [6.07, 6.45) is 2.86. The van der Waals surface area contributed by atoms with E-state index < -0.39 is 21.9 Å². The highest BCUT2D eigenvalue weighted by Crippen LogP contribution is 2.19. The Hall–Kier alpha value is -2.60. The molecule has 1 N–H and O–H groups in total. The van der Waals surface area contributed by atoms with Crippen LogP contribution in [0.4, 0.5) is 5.13 Å². The number of carbonyl (C=O) groups excluding carboxylic acids is 2. The standard InChI is InChI=1S/C19H21N3O6S2/c1-2-28-18(24)16-13-29-19(20-16)21-17(23)8-5-14-3-6-15(7-4-14)30(25,26)22-9-11-27-12-10-22/h3-8,13H,2,9-12H2,1H3,(H,20,21,23)/b8-5+. The maximum Gasteiger partial charge on any atom is 0.357 e. The van der Waals surface area contributed by atoms with Crippen molar-refractivity contribution in [2.75, 3.05) is 38.2 Å². The van der Waals surface area contributed by atoms with Gasteiger partial charge in [0.1, 0.15) is 0 Å². The highest BCUT2D eigenvalue weighted by atomic mass is 32.2. The van der Waals surface area contributed by atoms with Gasteiger partial charge in [-0.25, -0.2) is 18.2 Å². The summed E-state index contributed by atoms with van der Waals surface area (Å²) in [6.45, 7) is 3.37. The minimum atomic E-state index is -3.55. The number of esters is 1. The molecule has 3 rings (SSSR count). The average molecular weight is 452 g/mol. The molecule has 1 aliphatic rings. The lowest BCUT2D eigenvalue weighted by Gasteiger charge is -2.26. The molecule has 0 unspecified atom stereocenters. The molecule has 1 fully saturated rings. The van der Waals surface area contributed by atoms with Crippen LogP contribution in [0.15, 0.2) is 40.6 Å². The van der Waals surface area contributed by atoms with Crippen LogP contribution in [0.2, 0.25) is 0 Å². The molecule has 30 heavy (non-hydrogen) atoms. The van der Waals surface area contributed by atoms with Crippen molar-refractivity contribution >= 4 is 44.4 Å². The zero-order valence-electron chi connectivity index (χ0n) is 16.2. The second kappa shape index (κ2) is 9.94. The van der Waals surface area contributed by atoms with Crippen molar-refractivity contribution in [2.45, 2.75) is 11.8 Å². The van der Waals surface area contributed by atoms with Crippen LogP contribution in [0.25, 0.3) is 6.08 Å². The molecule has 2 aromatic rings. The Bertz CT molecular complexity index is 1020. The van der Waals surface area contributed by atoms with Gasteiger partial charge in [-0.3, -0.25) is 10.1 Å². The smallest absolute Gasteiger partial charge is 0.357 e. The molecule has 0 radical (unpaired) electrons. The number of rotatable bonds is 7. The topological polar surface area (TPSA) is 115 Å². The van der Waals surface area contributed by atoms with Crippen LogP contribution < -0.4 is 5.32 Å². The lowest BCUT2D eigenvalue weighted by atomic mass is 10.2. The van der Waals surface area contributed by atoms with Crippen LogP contribution in [-0.4, -0.2) is 62.5 Å². The summed E-state index contributed by atoms with van der Waals surface area (Å²) < 4.78 is 36.7. The first kappa shape index (κ1) is 22.1. The Morgan fingerprint density at radius 2 is 1.97 bits per heavy atom. The van der Waals surface area contributed by atoms with Gasteiger partial charge in [0.15, 0.2) is 10.8 Å². The summed E-state index contributed by atoms with van der Waals surface area (Å²) >= 11 is 1.11. The molecule has 11 heteroatoms. The summed E-state index contributed by atoms with van der Waals surface area (Å²) in [4.78, 5) is 27.9. The molecule has 2 heterocycles. The summed E-state index contributed by atoms with van der Waals surface area (Å²) in [5, 5.41) is 4.35. The van der Waals surface area contributed by atoms with Crippen LogP contribution >= 0.6 is 11.3 Å². The van der Waals surface area contributed by atoms with Gasteiger partial charge in [0.2, 0.25) is 15.9 Å². The van der Waals surface area contributed by atoms with Crippen molar-refractivity contribution in [1.29, 1.82) is 0 Å². The van der Waals surface area contributed by atoms with Crippen molar-refractivity contribution < 1.29 is 27.5 Å². The molecular formula is C19H21N3O6S2. The number of hydrogen-bond donors (Lipinski definition) is 1. The molecule has 0 saturated carbocycles. The molecule has 0 bridgehead atoms. The van der Waals surface area contributed by atoms with E-state index in [-0.39, 0.29) is 22.3 Å². The fourth-order valence-electron chi connectivity index (χ4n) is 2.64. The molecule has 1 aromatic heterocycles. The van der Waals surface area contributed by atoms with Gasteiger partial charge in [0.25, 0.3) is 0 Å². The van der Waals surface area contributed by atoms with E-state index in [1.54, 1.807) is 25.1 Å². The maximum absolute atomic E-state index is 12.6. The predicted octanol–water partition coefficient (Wildman–Crippen LogP) is 1.99. The van der Waals surface area contributed by atoms with Crippen LogP contribution in [0.1, 0.15) is 23.0 Å². The molecule has 0 atom stereocenters. The molecule has 9 nitrogen and oxygen atoms in total. The minimum absolute atomic E-state index is 0.137. The Morgan fingerprint density at radius 3 is 2.63 bits per heavy atom. The van der Waals surface area contributed by atoms with Gasteiger partial charge >= 0.3 is 5.97 Å². The normalized spacial score (nSPS) is 15.2. The quantitative estimate of drug-likeness (QED) is 0.506. The average Bonchev–Trinajstić information content (AvgIpc) is 3.22. The van der Waals surface area contributed by atoms with Crippen LogP contribution in [0.5, 0.6) is 0 Å². The second-order valence-electron chi connectivity index (χ2n) is 6.17. The van der Waals surface area contributed by atoms with E-state index in [1.807, 2.05) is 0 Å². The van der Waals surface area contributed by atoms with E-state index in [0.29, 0.717) is 31.9 Å². The first-order valence-electron chi connectivity index (χ1n) is 9.20. The third-order valence-corrected chi connectivity index (χ3v) is 6.80. The van der Waals surface area contributed by atoms with Crippen LogP contribution in [0.3, 0.4) is 0 Å². The molecule has 1 aromatic carbocycles. The summed E-state index contributed by atoms with van der Waals surface area (Å²) in [5.74, 6) is -0.971. The Kier molecular flexibility index (Phi) is 7.32. The molecule has 1 saturated heterocycles. The number of nitrogens with zero attached hydrogens (tertiary/aromatic N) is 2. The Labute approximate surface area is 178 Å². The molecule has 0 spiro atoms. The molecule has 160 valence electrons. The Balaban J connectivity index is 1.59. The van der Waals surface area contributed by atoms with E-state index in [9.17, 15) is 18.0 Å². The van der Waals surface area contributed by atoms with Crippen molar-refractivity contribution in [2.24, 2.45) is 0 Å². The van der Waals surface area contributed by atoms with Crippen LogP contribution in [0, 0.1) is 0 Å². The van der Waals surface area contributed by atoms with E-state index >= 15 is 0 Å². The van der Waals surface area contributed by atoms with Crippen LogP contribution in [-0.2, 0) is 24.3 Å². The molecule has 0 aliphatic carbocycles. The summed E-state index contributed by atoms with van der Waals surface area (Å²) in [5.41, 5.74) is 0.802. The number of anilines is 1. The number of thiazole rings is 1. The number of aromatic nitrogens is 1. The number of amides is 1. The van der Waals surface area contributed by atoms with Crippen molar-refractivity contribution in [3.05, 3.63) is 47.0 Å². The maximum atomic E-state index is 12.6. The predicted molar refractivity (Wildman–Crippen MR) is 112 cm³/mol. The zero-order chi connectivity index (χ0) is 21.6. The fourth-order valence-corrected chi connectivity index (χ4v) is 4.73. The summed E-state index contributed by atoms with van der Waals surface area (Å²) in [6, 6.07) is 6.27. The molecule has 1 aliphatic heterocycles. The number of ether oxygens (including phenoxy) is 2. The highest BCUT2D eigenvalue weighted by molar-refractivity contribution is 7.89. The lowest BCUT2D eigenvalue weighted by molar-refractivity contribution is -0.111. The monoisotopic (exact) mass is 451 g/mol. The van der Waals surface area contributed by atoms with Gasteiger partial charge in [0, 0.05) is 24.5 Å². The van der Waals surface area contributed by atoms with Gasteiger partial charge in [-0.05, 0) is 30.7 Å². The zero-order valence-corrected chi connectivity index (χ0v) is 17.9. The van der Waals surface area contributed by atoms with E-state index in [1.165, 1.54) is 27.9 Å². The first-order chi connectivity index (χ1) is 14.4. The van der Waals surface area contributed by atoms with Crippen molar-refractivity contribution in [1.82, 2.24) is 9.29 Å². The van der Waals surface area contributed by atoms with Gasteiger partial charge in [0.05, 0.1) is 24.7 Å². The van der Waals surface area contributed by atoms with E-state index in [2.05, 4.69) is 10.3 Å². The van der Waals surface area contributed by atoms with Crippen molar-refractivity contribution in [3.8, 4) is 0 Å². The van der Waals surface area contributed by atoms with Crippen molar-refractivity contribution in [3.63, 3.8) is 0 Å². The number of nitrogens with one attached hydrogen (secondary N) is 1. The molecular weight excluding hydrogens is 430 g/mol. The fraction of sp³-hybridized carbons (Fsp3) is 0.316.